The van der Waals surface area contributed by atoms with E-state index in [-0.39, 0.29) is 0 Å². The molecule has 0 spiro atoms. The van der Waals surface area contributed by atoms with E-state index in [2.05, 4.69) is 29.0 Å². The molecule has 2 N–H and O–H groups in total. The van der Waals surface area contributed by atoms with Crippen LogP contribution in [0.4, 0.5) is 0 Å². The number of rotatable bonds is 3. The Kier molecular flexibility index (Phi) is 3.76. The molecule has 2 rings (SSSR count). The number of pyridine rings is 2. The molecule has 0 amide bonds. The minimum absolute atomic E-state index is 0.467. The van der Waals surface area contributed by atoms with Crippen LogP contribution in [0.3, 0.4) is 0 Å². The minimum Gasteiger partial charge on any atom is -0.325 e. The van der Waals surface area contributed by atoms with Gasteiger partial charge in [-0.3, -0.25) is 0 Å². The lowest BCUT2D eigenvalue weighted by Crippen LogP contribution is -1.99. The second kappa shape index (κ2) is 5.29. The molecule has 0 atom stereocenters. The first kappa shape index (κ1) is 12.1. The zero-order valence-corrected chi connectivity index (χ0v) is 10.8. The highest BCUT2D eigenvalue weighted by Gasteiger charge is 2.02. The molecule has 0 unspecified atom stereocenters. The van der Waals surface area contributed by atoms with Crippen molar-refractivity contribution in [3.05, 3.63) is 47.3 Å². The summed E-state index contributed by atoms with van der Waals surface area (Å²) in [6.07, 6.45) is 0. The molecule has 0 aliphatic heterocycles. The lowest BCUT2D eigenvalue weighted by atomic mass is 10.3. The van der Waals surface area contributed by atoms with Crippen LogP contribution in [0, 0.1) is 13.8 Å². The van der Waals surface area contributed by atoms with Crippen LogP contribution >= 0.6 is 11.8 Å². The maximum absolute atomic E-state index is 5.57. The third-order valence-electron chi connectivity index (χ3n) is 2.27. The lowest BCUT2D eigenvalue weighted by Gasteiger charge is -2.04. The van der Waals surface area contributed by atoms with Crippen molar-refractivity contribution < 1.29 is 0 Å². The normalized spacial score (nSPS) is 10.5. The molecule has 2 heterocycles. The zero-order chi connectivity index (χ0) is 12.3. The molecular formula is C13H15N3S. The molecule has 3 nitrogen and oxygen atoms in total. The molecule has 0 aromatic carbocycles. The minimum atomic E-state index is 0.467. The van der Waals surface area contributed by atoms with Crippen LogP contribution in [0.1, 0.15) is 17.0 Å². The van der Waals surface area contributed by atoms with Crippen LogP contribution in [0.5, 0.6) is 0 Å². The summed E-state index contributed by atoms with van der Waals surface area (Å²) in [5.74, 6) is 0. The number of aryl methyl sites for hydroxylation is 2. The Morgan fingerprint density at radius 2 is 1.94 bits per heavy atom. The standard InChI is InChI=1S/C13H15N3S/c1-9-6-10(2)15-13(7-9)17-12-5-3-4-11(8-14)16-12/h3-7H,8,14H2,1-2H3. The number of hydrogen-bond acceptors (Lipinski definition) is 4. The Morgan fingerprint density at radius 3 is 2.65 bits per heavy atom. The summed E-state index contributed by atoms with van der Waals surface area (Å²) >= 11 is 1.57. The monoisotopic (exact) mass is 245 g/mol. The van der Waals surface area contributed by atoms with E-state index < -0.39 is 0 Å². The third kappa shape index (κ3) is 3.28. The molecule has 0 bridgehead atoms. The van der Waals surface area contributed by atoms with Crippen molar-refractivity contribution >= 4 is 11.8 Å². The van der Waals surface area contributed by atoms with E-state index >= 15 is 0 Å². The van der Waals surface area contributed by atoms with Gasteiger partial charge in [-0.15, -0.1) is 0 Å². The summed E-state index contributed by atoms with van der Waals surface area (Å²) in [5.41, 5.74) is 8.72. The van der Waals surface area contributed by atoms with Gasteiger partial charge in [-0.25, -0.2) is 9.97 Å². The summed E-state index contributed by atoms with van der Waals surface area (Å²) in [6.45, 7) is 4.54. The predicted octanol–water partition coefficient (Wildman–Crippen LogP) is 2.70. The van der Waals surface area contributed by atoms with Gasteiger partial charge in [0.05, 0.1) is 5.69 Å². The van der Waals surface area contributed by atoms with Gasteiger partial charge in [-0.1, -0.05) is 17.8 Å². The summed E-state index contributed by atoms with van der Waals surface area (Å²) < 4.78 is 0. The largest absolute Gasteiger partial charge is 0.325 e. The molecule has 88 valence electrons. The fourth-order valence-corrected chi connectivity index (χ4v) is 2.55. The van der Waals surface area contributed by atoms with E-state index in [0.29, 0.717) is 6.54 Å². The molecule has 4 heteroatoms. The second-order valence-electron chi connectivity index (χ2n) is 3.90. The summed E-state index contributed by atoms with van der Waals surface area (Å²) in [4.78, 5) is 8.92. The van der Waals surface area contributed by atoms with E-state index in [4.69, 9.17) is 5.73 Å². The van der Waals surface area contributed by atoms with Gasteiger partial charge in [-0.05, 0) is 43.7 Å². The van der Waals surface area contributed by atoms with Gasteiger partial charge in [-0.2, -0.15) is 0 Å². The smallest absolute Gasteiger partial charge is 0.103 e. The molecule has 0 saturated carbocycles. The van der Waals surface area contributed by atoms with E-state index in [1.165, 1.54) is 5.56 Å². The second-order valence-corrected chi connectivity index (χ2v) is 4.94. The lowest BCUT2D eigenvalue weighted by molar-refractivity contribution is 0.938. The SMILES string of the molecule is Cc1cc(C)nc(Sc2cccc(CN)n2)c1. The molecule has 0 radical (unpaired) electrons. The highest BCUT2D eigenvalue weighted by Crippen LogP contribution is 2.25. The van der Waals surface area contributed by atoms with Crippen molar-refractivity contribution in [2.24, 2.45) is 5.73 Å². The Balaban J connectivity index is 2.24. The first-order valence-electron chi connectivity index (χ1n) is 5.46. The van der Waals surface area contributed by atoms with Crippen LogP contribution in [0.25, 0.3) is 0 Å². The Bertz CT molecular complexity index is 506. The predicted molar refractivity (Wildman–Crippen MR) is 70.0 cm³/mol. The van der Waals surface area contributed by atoms with Crippen LogP contribution in [0.2, 0.25) is 0 Å². The van der Waals surface area contributed by atoms with Crippen LogP contribution in [0.15, 0.2) is 40.4 Å². The maximum Gasteiger partial charge on any atom is 0.103 e. The fraction of sp³-hybridized carbons (Fsp3) is 0.231. The first-order chi connectivity index (χ1) is 8.17. The van der Waals surface area contributed by atoms with Gasteiger partial charge in [0.2, 0.25) is 0 Å². The number of aromatic nitrogens is 2. The van der Waals surface area contributed by atoms with Crippen LogP contribution < -0.4 is 5.73 Å². The van der Waals surface area contributed by atoms with Crippen molar-refractivity contribution in [1.82, 2.24) is 9.97 Å². The average Bonchev–Trinajstić information content (AvgIpc) is 2.28. The Hall–Kier alpha value is -1.39. The third-order valence-corrected chi connectivity index (χ3v) is 3.13. The maximum atomic E-state index is 5.57. The van der Waals surface area contributed by atoms with E-state index in [0.717, 1.165) is 21.4 Å². The number of nitrogens with two attached hydrogens (primary N) is 1. The van der Waals surface area contributed by atoms with Crippen molar-refractivity contribution in [3.8, 4) is 0 Å². The van der Waals surface area contributed by atoms with Crippen LogP contribution in [-0.2, 0) is 6.54 Å². The summed E-state index contributed by atoms with van der Waals surface area (Å²) in [6, 6.07) is 10.0. The molecular weight excluding hydrogens is 230 g/mol. The van der Waals surface area contributed by atoms with Crippen molar-refractivity contribution in [2.45, 2.75) is 30.4 Å². The summed E-state index contributed by atoms with van der Waals surface area (Å²) in [5, 5.41) is 1.91. The van der Waals surface area contributed by atoms with Gasteiger partial charge in [0.25, 0.3) is 0 Å². The number of nitrogens with zero attached hydrogens (tertiary/aromatic N) is 2. The fourth-order valence-electron chi connectivity index (χ4n) is 1.59. The number of hydrogen-bond donors (Lipinski definition) is 1. The summed E-state index contributed by atoms with van der Waals surface area (Å²) in [7, 11) is 0. The first-order valence-corrected chi connectivity index (χ1v) is 6.28. The van der Waals surface area contributed by atoms with Crippen molar-refractivity contribution in [1.29, 1.82) is 0 Å². The highest BCUT2D eigenvalue weighted by molar-refractivity contribution is 7.99. The highest BCUT2D eigenvalue weighted by atomic mass is 32.2. The molecule has 0 aliphatic rings. The van der Waals surface area contributed by atoms with E-state index in [9.17, 15) is 0 Å². The van der Waals surface area contributed by atoms with Gasteiger partial charge < -0.3 is 5.73 Å². The molecule has 2 aromatic rings. The molecule has 0 saturated heterocycles. The Labute approximate surface area is 105 Å². The van der Waals surface area contributed by atoms with Crippen LogP contribution in [-0.4, -0.2) is 9.97 Å². The van der Waals surface area contributed by atoms with Crippen molar-refractivity contribution in [3.63, 3.8) is 0 Å². The molecule has 0 aliphatic carbocycles. The van der Waals surface area contributed by atoms with Gasteiger partial charge in [0, 0.05) is 12.2 Å². The topological polar surface area (TPSA) is 51.8 Å². The van der Waals surface area contributed by atoms with Gasteiger partial charge in [0.15, 0.2) is 0 Å². The molecule has 17 heavy (non-hydrogen) atoms. The quantitative estimate of drug-likeness (QED) is 0.903. The Morgan fingerprint density at radius 1 is 1.12 bits per heavy atom. The van der Waals surface area contributed by atoms with E-state index in [1.54, 1.807) is 11.8 Å². The average molecular weight is 245 g/mol. The molecule has 0 fully saturated rings. The van der Waals surface area contributed by atoms with E-state index in [1.807, 2.05) is 25.1 Å². The van der Waals surface area contributed by atoms with Crippen molar-refractivity contribution in [2.75, 3.05) is 0 Å². The van der Waals surface area contributed by atoms with Gasteiger partial charge >= 0.3 is 0 Å². The zero-order valence-electron chi connectivity index (χ0n) is 9.97. The molecule has 2 aromatic heterocycles. The van der Waals surface area contributed by atoms with Gasteiger partial charge in [0.1, 0.15) is 10.1 Å².